The molecule has 0 aliphatic heterocycles. The van der Waals surface area contributed by atoms with E-state index in [-0.39, 0.29) is 11.3 Å². The molecule has 0 atom stereocenters. The van der Waals surface area contributed by atoms with Crippen LogP contribution in [0.15, 0.2) is 80.8 Å². The van der Waals surface area contributed by atoms with E-state index in [2.05, 4.69) is 14.9 Å². The lowest BCUT2D eigenvalue weighted by atomic mass is 10.1. The summed E-state index contributed by atoms with van der Waals surface area (Å²) in [7, 11) is -2.25. The third-order valence-corrected chi connectivity index (χ3v) is 5.56. The van der Waals surface area contributed by atoms with Crippen molar-refractivity contribution in [1.29, 1.82) is 0 Å². The largest absolute Gasteiger partial charge is 0.497 e. The van der Waals surface area contributed by atoms with Crippen LogP contribution in [0.25, 0.3) is 11.6 Å². The summed E-state index contributed by atoms with van der Waals surface area (Å²) in [5, 5.41) is 3.89. The molecule has 4 aromatic rings. The zero-order chi connectivity index (χ0) is 20.3. The van der Waals surface area contributed by atoms with Crippen molar-refractivity contribution < 1.29 is 22.1 Å². The molecule has 0 aliphatic rings. The van der Waals surface area contributed by atoms with E-state index in [0.29, 0.717) is 34.5 Å². The van der Waals surface area contributed by atoms with Gasteiger partial charge in [-0.15, -0.1) is 0 Å². The van der Waals surface area contributed by atoms with Crippen LogP contribution in [0.2, 0.25) is 0 Å². The highest BCUT2D eigenvalue weighted by atomic mass is 32.2. The van der Waals surface area contributed by atoms with Crippen molar-refractivity contribution in [3.8, 4) is 17.3 Å². The molecule has 0 radical (unpaired) electrons. The van der Waals surface area contributed by atoms with Gasteiger partial charge < -0.3 is 13.7 Å². The number of furan rings is 1. The van der Waals surface area contributed by atoms with Gasteiger partial charge in [-0.05, 0) is 48.0 Å². The minimum Gasteiger partial charge on any atom is -0.497 e. The first-order valence-corrected chi connectivity index (χ1v) is 10.1. The maximum absolute atomic E-state index is 12.7. The number of nitrogens with zero attached hydrogens (tertiary/aromatic N) is 2. The normalized spacial score (nSPS) is 11.3. The number of hydrogen-bond donors (Lipinski definition) is 1. The van der Waals surface area contributed by atoms with E-state index in [4.69, 9.17) is 13.7 Å². The Kier molecular flexibility index (Phi) is 5.05. The van der Waals surface area contributed by atoms with E-state index in [9.17, 15) is 8.42 Å². The van der Waals surface area contributed by atoms with Crippen molar-refractivity contribution >= 4 is 15.7 Å². The molecule has 4 rings (SSSR count). The van der Waals surface area contributed by atoms with Crippen LogP contribution in [0, 0.1) is 0 Å². The van der Waals surface area contributed by atoms with Crippen LogP contribution in [0.4, 0.5) is 5.69 Å². The van der Waals surface area contributed by atoms with E-state index in [0.717, 1.165) is 0 Å². The number of methoxy groups -OCH3 is 1. The predicted octanol–water partition coefficient (Wildman–Crippen LogP) is 3.73. The Morgan fingerprint density at radius 2 is 1.83 bits per heavy atom. The molecule has 8 nitrogen and oxygen atoms in total. The average Bonchev–Trinajstić information content (AvgIpc) is 3.41. The first kappa shape index (κ1) is 18.8. The Bertz CT molecular complexity index is 1200. The minimum absolute atomic E-state index is 0.131. The first-order chi connectivity index (χ1) is 14.0. The second kappa shape index (κ2) is 7.80. The quantitative estimate of drug-likeness (QED) is 0.494. The number of anilines is 1. The fourth-order valence-electron chi connectivity index (χ4n) is 2.73. The molecule has 0 spiro atoms. The highest BCUT2D eigenvalue weighted by Crippen LogP contribution is 2.24. The van der Waals surface area contributed by atoms with E-state index in [1.54, 1.807) is 42.5 Å². The molecular formula is C20H17N3O5S. The summed E-state index contributed by atoms with van der Waals surface area (Å²) in [6, 6.07) is 16.6. The Hall–Kier alpha value is -3.59. The lowest BCUT2D eigenvalue weighted by Gasteiger charge is -2.12. The predicted molar refractivity (Wildman–Crippen MR) is 105 cm³/mol. The molecule has 2 heterocycles. The number of aromatic nitrogens is 2. The van der Waals surface area contributed by atoms with Crippen LogP contribution in [0.3, 0.4) is 0 Å². The molecule has 0 aliphatic carbocycles. The second-order valence-corrected chi connectivity index (χ2v) is 7.79. The van der Waals surface area contributed by atoms with Crippen LogP contribution < -0.4 is 9.46 Å². The molecule has 1 N–H and O–H groups in total. The summed E-state index contributed by atoms with van der Waals surface area (Å²) < 4.78 is 43.7. The number of hydrogen-bond acceptors (Lipinski definition) is 7. The van der Waals surface area contributed by atoms with E-state index in [1.165, 1.54) is 25.5 Å². The third-order valence-electron chi connectivity index (χ3n) is 4.18. The highest BCUT2D eigenvalue weighted by Gasteiger charge is 2.18. The van der Waals surface area contributed by atoms with Gasteiger partial charge in [0.1, 0.15) is 5.75 Å². The molecule has 0 bridgehead atoms. The van der Waals surface area contributed by atoms with Crippen molar-refractivity contribution in [1.82, 2.24) is 10.1 Å². The zero-order valence-electron chi connectivity index (χ0n) is 15.4. The summed E-state index contributed by atoms with van der Waals surface area (Å²) in [6.07, 6.45) is 1.78. The van der Waals surface area contributed by atoms with Gasteiger partial charge in [0.15, 0.2) is 5.76 Å². The van der Waals surface area contributed by atoms with Crippen molar-refractivity contribution in [2.45, 2.75) is 11.3 Å². The van der Waals surface area contributed by atoms with Gasteiger partial charge in [0, 0.05) is 0 Å². The molecule has 2 aromatic carbocycles. The standard InChI is InChI=1S/C20H17N3O5S/c1-26-15-8-10-16(11-9-15)29(24,25)23-17-6-3-2-5-14(17)13-19-21-20(22-28-19)18-7-4-12-27-18/h2-12,23H,13H2,1H3. The lowest BCUT2D eigenvalue weighted by molar-refractivity contribution is 0.384. The molecule has 0 fully saturated rings. The van der Waals surface area contributed by atoms with Gasteiger partial charge >= 0.3 is 0 Å². The fraction of sp³-hybridized carbons (Fsp3) is 0.100. The van der Waals surface area contributed by atoms with E-state index >= 15 is 0 Å². The molecule has 2 aromatic heterocycles. The molecule has 148 valence electrons. The monoisotopic (exact) mass is 411 g/mol. The first-order valence-electron chi connectivity index (χ1n) is 8.66. The molecule has 0 amide bonds. The van der Waals surface area contributed by atoms with Gasteiger partial charge in [0.25, 0.3) is 10.0 Å². The van der Waals surface area contributed by atoms with Crippen LogP contribution >= 0.6 is 0 Å². The summed E-state index contributed by atoms with van der Waals surface area (Å²) in [5.41, 5.74) is 1.13. The fourth-order valence-corrected chi connectivity index (χ4v) is 3.83. The topological polar surface area (TPSA) is 107 Å². The third kappa shape index (κ3) is 4.14. The van der Waals surface area contributed by atoms with Crippen molar-refractivity contribution in [3.05, 3.63) is 78.4 Å². The molecule has 0 saturated carbocycles. The Morgan fingerprint density at radius 3 is 2.55 bits per heavy atom. The smallest absolute Gasteiger partial charge is 0.261 e. The Labute approximate surface area is 167 Å². The van der Waals surface area contributed by atoms with E-state index in [1.807, 2.05) is 6.07 Å². The van der Waals surface area contributed by atoms with Crippen LogP contribution in [0.1, 0.15) is 11.5 Å². The number of nitrogens with one attached hydrogen (secondary N) is 1. The molecule has 9 heteroatoms. The molecule has 0 unspecified atom stereocenters. The summed E-state index contributed by atoms with van der Waals surface area (Å²) in [6.45, 7) is 0. The zero-order valence-corrected chi connectivity index (χ0v) is 16.2. The lowest BCUT2D eigenvalue weighted by Crippen LogP contribution is -2.14. The molecule has 29 heavy (non-hydrogen) atoms. The van der Waals surface area contributed by atoms with Gasteiger partial charge in [0.2, 0.25) is 11.7 Å². The summed E-state index contributed by atoms with van der Waals surface area (Å²) >= 11 is 0. The second-order valence-electron chi connectivity index (χ2n) is 6.10. The number of para-hydroxylation sites is 1. The SMILES string of the molecule is COc1ccc(S(=O)(=O)Nc2ccccc2Cc2nc(-c3ccco3)no2)cc1. The van der Waals surface area contributed by atoms with Gasteiger partial charge in [-0.25, -0.2) is 8.42 Å². The van der Waals surface area contributed by atoms with Crippen molar-refractivity contribution in [2.75, 3.05) is 11.8 Å². The minimum atomic E-state index is -3.77. The Balaban J connectivity index is 1.56. The van der Waals surface area contributed by atoms with Crippen molar-refractivity contribution in [3.63, 3.8) is 0 Å². The maximum atomic E-state index is 12.7. The average molecular weight is 411 g/mol. The van der Waals surface area contributed by atoms with Crippen LogP contribution in [0.5, 0.6) is 5.75 Å². The van der Waals surface area contributed by atoms with Gasteiger partial charge in [-0.1, -0.05) is 23.4 Å². The molecular weight excluding hydrogens is 394 g/mol. The number of benzene rings is 2. The number of rotatable bonds is 7. The van der Waals surface area contributed by atoms with Crippen LogP contribution in [-0.4, -0.2) is 25.7 Å². The maximum Gasteiger partial charge on any atom is 0.261 e. The highest BCUT2D eigenvalue weighted by molar-refractivity contribution is 7.92. The van der Waals surface area contributed by atoms with Gasteiger partial charge in [-0.3, -0.25) is 4.72 Å². The number of sulfonamides is 1. The Morgan fingerprint density at radius 1 is 1.03 bits per heavy atom. The van der Waals surface area contributed by atoms with Crippen LogP contribution in [-0.2, 0) is 16.4 Å². The van der Waals surface area contributed by atoms with Gasteiger partial charge in [-0.2, -0.15) is 4.98 Å². The summed E-state index contributed by atoms with van der Waals surface area (Å²) in [4.78, 5) is 4.43. The van der Waals surface area contributed by atoms with Gasteiger partial charge in [0.05, 0.1) is 30.4 Å². The molecule has 0 saturated heterocycles. The number of ether oxygens (including phenoxy) is 1. The van der Waals surface area contributed by atoms with Crippen molar-refractivity contribution in [2.24, 2.45) is 0 Å². The summed E-state index contributed by atoms with van der Waals surface area (Å²) in [5.74, 6) is 1.75. The van der Waals surface area contributed by atoms with E-state index < -0.39 is 10.0 Å².